The van der Waals surface area contributed by atoms with E-state index >= 15 is 0 Å². The van der Waals surface area contributed by atoms with Crippen molar-refractivity contribution in [2.45, 2.75) is 11.4 Å². The molecule has 0 bridgehead atoms. The number of hydrogen-bond donors (Lipinski definition) is 2. The molecule has 0 aliphatic rings. The molecule has 0 atom stereocenters. The van der Waals surface area contributed by atoms with Crippen molar-refractivity contribution >= 4 is 32.8 Å². The van der Waals surface area contributed by atoms with Crippen molar-refractivity contribution in [3.63, 3.8) is 0 Å². The van der Waals surface area contributed by atoms with E-state index in [0.717, 1.165) is 16.6 Å². The summed E-state index contributed by atoms with van der Waals surface area (Å²) >= 11 is 0. The molecule has 2 aromatic heterocycles. The first-order chi connectivity index (χ1) is 11.8. The van der Waals surface area contributed by atoms with Crippen LogP contribution in [-0.2, 0) is 23.6 Å². The Morgan fingerprint density at radius 1 is 1.20 bits per heavy atom. The fraction of sp³-hybridized carbons (Fsp3) is 0.267. The lowest BCUT2D eigenvalue weighted by molar-refractivity contribution is 0.598. The molecule has 3 N–H and O–H groups in total. The van der Waals surface area contributed by atoms with Crippen molar-refractivity contribution in [2.24, 2.45) is 12.2 Å². The molecule has 0 radical (unpaired) electrons. The highest BCUT2D eigenvalue weighted by molar-refractivity contribution is 7.89. The van der Waals surface area contributed by atoms with Crippen LogP contribution in [0.2, 0.25) is 0 Å². The lowest BCUT2D eigenvalue weighted by Gasteiger charge is -2.13. The Morgan fingerprint density at radius 3 is 2.48 bits per heavy atom. The number of nitrogens with two attached hydrogens (primary N) is 1. The Labute approximate surface area is 145 Å². The molecule has 0 aliphatic heterocycles. The molecule has 0 fully saturated rings. The molecular weight excluding hydrogens is 342 g/mol. The van der Waals surface area contributed by atoms with Crippen LogP contribution in [0.5, 0.6) is 0 Å². The van der Waals surface area contributed by atoms with Crippen LogP contribution in [0, 0.1) is 0 Å². The number of fused-ring (bicyclic) bond motifs is 1. The predicted octanol–water partition coefficient (Wildman–Crippen LogP) is 0.689. The molecule has 9 nitrogen and oxygen atoms in total. The fourth-order valence-corrected chi connectivity index (χ4v) is 2.84. The zero-order valence-electron chi connectivity index (χ0n) is 14.1. The van der Waals surface area contributed by atoms with Gasteiger partial charge in [-0.1, -0.05) is 12.1 Å². The molecule has 132 valence electrons. The Balaban J connectivity index is 1.88. The van der Waals surface area contributed by atoms with Crippen LogP contribution in [0.1, 0.15) is 5.56 Å². The lowest BCUT2D eigenvalue weighted by Crippen LogP contribution is -2.15. The van der Waals surface area contributed by atoms with Crippen LogP contribution in [0.4, 0.5) is 11.8 Å². The summed E-state index contributed by atoms with van der Waals surface area (Å²) in [7, 11) is 1.88. The van der Waals surface area contributed by atoms with Crippen molar-refractivity contribution in [2.75, 3.05) is 24.3 Å². The second-order valence-electron chi connectivity index (χ2n) is 5.81. The van der Waals surface area contributed by atoms with E-state index in [-0.39, 0.29) is 4.90 Å². The standard InChI is InChI=1S/C15H19N7O2S/c1-21(2)15-19-13(12-9-18-22(3)14(12)20-15)17-8-10-4-6-11(7-5-10)25(16,23)24/h4-7,9H,8H2,1-3H3,(H2,16,23,24)(H,17,19,20). The third-order valence-electron chi connectivity index (χ3n) is 3.69. The van der Waals surface area contributed by atoms with Crippen LogP contribution in [0.25, 0.3) is 11.0 Å². The summed E-state index contributed by atoms with van der Waals surface area (Å²) in [6.45, 7) is 0.471. The van der Waals surface area contributed by atoms with Gasteiger partial charge in [0.05, 0.1) is 16.5 Å². The van der Waals surface area contributed by atoms with Crippen molar-refractivity contribution in [1.29, 1.82) is 0 Å². The molecular formula is C15H19N7O2S. The van der Waals surface area contributed by atoms with Gasteiger partial charge in [-0.3, -0.25) is 4.68 Å². The minimum Gasteiger partial charge on any atom is -0.365 e. The minimum absolute atomic E-state index is 0.0860. The van der Waals surface area contributed by atoms with Gasteiger partial charge in [0.2, 0.25) is 16.0 Å². The molecule has 0 saturated carbocycles. The number of nitrogens with one attached hydrogen (secondary N) is 1. The molecule has 2 heterocycles. The number of aryl methyl sites for hydroxylation is 1. The first-order valence-electron chi connectivity index (χ1n) is 7.48. The van der Waals surface area contributed by atoms with Crippen LogP contribution in [-0.4, -0.2) is 42.3 Å². The van der Waals surface area contributed by atoms with Crippen molar-refractivity contribution < 1.29 is 8.42 Å². The third-order valence-corrected chi connectivity index (χ3v) is 4.62. The van der Waals surface area contributed by atoms with Gasteiger partial charge in [-0.15, -0.1) is 0 Å². The van der Waals surface area contributed by atoms with Gasteiger partial charge in [-0.25, -0.2) is 13.6 Å². The summed E-state index contributed by atoms with van der Waals surface area (Å²) in [6.07, 6.45) is 1.71. The molecule has 0 amide bonds. The maximum Gasteiger partial charge on any atom is 0.238 e. The summed E-state index contributed by atoms with van der Waals surface area (Å²) in [6, 6.07) is 6.39. The SMILES string of the molecule is CN(C)c1nc(NCc2ccc(S(N)(=O)=O)cc2)c2cnn(C)c2n1. The van der Waals surface area contributed by atoms with Gasteiger partial charge >= 0.3 is 0 Å². The lowest BCUT2D eigenvalue weighted by atomic mass is 10.2. The van der Waals surface area contributed by atoms with Crippen molar-refractivity contribution in [3.05, 3.63) is 36.0 Å². The maximum absolute atomic E-state index is 11.3. The Morgan fingerprint density at radius 2 is 1.88 bits per heavy atom. The van der Waals surface area contributed by atoms with Gasteiger partial charge < -0.3 is 10.2 Å². The molecule has 0 spiro atoms. The highest BCUT2D eigenvalue weighted by atomic mass is 32.2. The Kier molecular flexibility index (Phi) is 4.31. The van der Waals surface area contributed by atoms with E-state index in [2.05, 4.69) is 20.4 Å². The van der Waals surface area contributed by atoms with E-state index in [9.17, 15) is 8.42 Å². The van der Waals surface area contributed by atoms with Gasteiger partial charge in [0.1, 0.15) is 5.82 Å². The van der Waals surface area contributed by atoms with E-state index in [1.807, 2.05) is 26.0 Å². The quantitative estimate of drug-likeness (QED) is 0.686. The highest BCUT2D eigenvalue weighted by Crippen LogP contribution is 2.23. The molecule has 1 aromatic carbocycles. The fourth-order valence-electron chi connectivity index (χ4n) is 2.33. The number of anilines is 2. The number of benzene rings is 1. The van der Waals surface area contributed by atoms with E-state index < -0.39 is 10.0 Å². The van der Waals surface area contributed by atoms with E-state index in [1.54, 1.807) is 23.0 Å². The second kappa shape index (κ2) is 6.30. The minimum atomic E-state index is -3.69. The van der Waals surface area contributed by atoms with Gasteiger partial charge in [-0.05, 0) is 17.7 Å². The monoisotopic (exact) mass is 361 g/mol. The molecule has 25 heavy (non-hydrogen) atoms. The number of nitrogens with zero attached hydrogens (tertiary/aromatic N) is 5. The summed E-state index contributed by atoms with van der Waals surface area (Å²) in [5.41, 5.74) is 1.63. The number of primary sulfonamides is 1. The average Bonchev–Trinajstić information content (AvgIpc) is 2.93. The first-order valence-corrected chi connectivity index (χ1v) is 9.03. The molecule has 3 aromatic rings. The summed E-state index contributed by atoms with van der Waals surface area (Å²) in [5, 5.41) is 13.4. The smallest absolute Gasteiger partial charge is 0.238 e. The van der Waals surface area contributed by atoms with E-state index in [0.29, 0.717) is 18.3 Å². The number of hydrogen-bond acceptors (Lipinski definition) is 7. The number of aromatic nitrogens is 4. The molecule has 3 rings (SSSR count). The van der Waals surface area contributed by atoms with Crippen molar-refractivity contribution in [1.82, 2.24) is 19.7 Å². The van der Waals surface area contributed by atoms with Crippen LogP contribution in [0.3, 0.4) is 0 Å². The van der Waals surface area contributed by atoms with Gasteiger partial charge in [0.15, 0.2) is 5.65 Å². The highest BCUT2D eigenvalue weighted by Gasteiger charge is 2.13. The van der Waals surface area contributed by atoms with Gasteiger partial charge in [0, 0.05) is 27.7 Å². The van der Waals surface area contributed by atoms with Crippen LogP contribution < -0.4 is 15.4 Å². The zero-order chi connectivity index (χ0) is 18.2. The first kappa shape index (κ1) is 17.1. The van der Waals surface area contributed by atoms with Crippen LogP contribution >= 0.6 is 0 Å². The van der Waals surface area contributed by atoms with Gasteiger partial charge in [0.25, 0.3) is 0 Å². The largest absolute Gasteiger partial charge is 0.365 e. The second-order valence-corrected chi connectivity index (χ2v) is 7.38. The number of sulfonamides is 1. The third kappa shape index (κ3) is 3.54. The Bertz CT molecular complexity index is 1010. The van der Waals surface area contributed by atoms with E-state index in [4.69, 9.17) is 5.14 Å². The van der Waals surface area contributed by atoms with E-state index in [1.165, 1.54) is 12.1 Å². The normalized spacial score (nSPS) is 11.7. The molecule has 0 unspecified atom stereocenters. The van der Waals surface area contributed by atoms with Crippen molar-refractivity contribution in [3.8, 4) is 0 Å². The van der Waals surface area contributed by atoms with Gasteiger partial charge in [-0.2, -0.15) is 15.1 Å². The molecule has 0 saturated heterocycles. The molecule has 0 aliphatic carbocycles. The summed E-state index contributed by atoms with van der Waals surface area (Å²) in [4.78, 5) is 10.9. The summed E-state index contributed by atoms with van der Waals surface area (Å²) < 4.78 is 24.3. The Hall–Kier alpha value is -2.72. The number of rotatable bonds is 5. The summed E-state index contributed by atoms with van der Waals surface area (Å²) in [5.74, 6) is 1.24. The average molecular weight is 361 g/mol. The predicted molar refractivity (Wildman–Crippen MR) is 95.8 cm³/mol. The topological polar surface area (TPSA) is 119 Å². The maximum atomic E-state index is 11.3. The van der Waals surface area contributed by atoms with Crippen LogP contribution in [0.15, 0.2) is 35.4 Å². The zero-order valence-corrected chi connectivity index (χ0v) is 14.9. The molecule has 10 heteroatoms.